The zero-order valence-corrected chi connectivity index (χ0v) is 22.9. The lowest BCUT2D eigenvalue weighted by Crippen LogP contribution is -2.48. The Morgan fingerprint density at radius 1 is 1.00 bits per heavy atom. The largest absolute Gasteiger partial charge is 0.508 e. The second kappa shape index (κ2) is 13.9. The van der Waals surface area contributed by atoms with E-state index in [4.69, 9.17) is 0 Å². The molecule has 0 fully saturated rings. The standard InChI is InChI=1S/C31H43N3O3/c1-5-7-9-13-16-28(31(37)33(4)19-8-6-2)32-30(36)21-26-23(3)34(22-24-14-11-10-12-15-24)29-18-17-25(35)20-27(26)29/h10-12,14-15,17-18,20,28,35H,5-9,13,16,19,21-22H2,1-4H3,(H,32,36). The van der Waals surface area contributed by atoms with Crippen LogP contribution in [-0.2, 0) is 22.6 Å². The summed E-state index contributed by atoms with van der Waals surface area (Å²) in [5.41, 5.74) is 4.02. The normalized spacial score (nSPS) is 12.0. The highest BCUT2D eigenvalue weighted by Crippen LogP contribution is 2.30. The second-order valence-electron chi connectivity index (χ2n) is 10.1. The van der Waals surface area contributed by atoms with E-state index in [0.717, 1.165) is 60.7 Å². The molecule has 2 aromatic carbocycles. The van der Waals surface area contributed by atoms with E-state index in [9.17, 15) is 14.7 Å². The molecule has 0 bridgehead atoms. The Hall–Kier alpha value is -3.28. The van der Waals surface area contributed by atoms with E-state index in [1.807, 2.05) is 38.2 Å². The van der Waals surface area contributed by atoms with Gasteiger partial charge >= 0.3 is 0 Å². The van der Waals surface area contributed by atoms with Gasteiger partial charge in [0.25, 0.3) is 0 Å². The number of hydrogen-bond acceptors (Lipinski definition) is 3. The number of carbonyl (C=O) groups is 2. The minimum absolute atomic E-state index is 0.0147. The topological polar surface area (TPSA) is 74.6 Å². The predicted octanol–water partition coefficient (Wildman–Crippen LogP) is 5.96. The van der Waals surface area contributed by atoms with E-state index in [1.165, 1.54) is 5.56 Å². The summed E-state index contributed by atoms with van der Waals surface area (Å²) in [6.45, 7) is 7.67. The van der Waals surface area contributed by atoms with Gasteiger partial charge in [-0.1, -0.05) is 76.3 Å². The number of amides is 2. The number of unbranched alkanes of at least 4 members (excludes halogenated alkanes) is 4. The molecule has 3 rings (SSSR count). The van der Waals surface area contributed by atoms with Crippen LogP contribution >= 0.6 is 0 Å². The lowest BCUT2D eigenvalue weighted by Gasteiger charge is -2.25. The number of phenols is 1. The van der Waals surface area contributed by atoms with Crippen LogP contribution in [0.25, 0.3) is 10.9 Å². The molecule has 0 saturated carbocycles. The van der Waals surface area contributed by atoms with E-state index >= 15 is 0 Å². The van der Waals surface area contributed by atoms with Crippen LogP contribution in [0.5, 0.6) is 5.75 Å². The minimum atomic E-state index is -0.516. The number of fused-ring (bicyclic) bond motifs is 1. The second-order valence-corrected chi connectivity index (χ2v) is 10.1. The average Bonchev–Trinajstić information content (AvgIpc) is 3.14. The first-order chi connectivity index (χ1) is 17.8. The number of nitrogens with zero attached hydrogens (tertiary/aromatic N) is 2. The highest BCUT2D eigenvalue weighted by atomic mass is 16.3. The predicted molar refractivity (Wildman–Crippen MR) is 151 cm³/mol. The first kappa shape index (κ1) is 28.3. The van der Waals surface area contributed by atoms with Gasteiger partial charge in [-0.05, 0) is 49.1 Å². The van der Waals surface area contributed by atoms with E-state index in [-0.39, 0.29) is 24.0 Å². The zero-order chi connectivity index (χ0) is 26.8. The van der Waals surface area contributed by atoms with Crippen LogP contribution in [0.4, 0.5) is 0 Å². The van der Waals surface area contributed by atoms with Gasteiger partial charge in [0.05, 0.1) is 6.42 Å². The third-order valence-electron chi connectivity index (χ3n) is 7.16. The molecule has 0 aliphatic carbocycles. The molecule has 0 radical (unpaired) electrons. The van der Waals surface area contributed by atoms with Crippen LogP contribution in [0, 0.1) is 6.92 Å². The maximum atomic E-state index is 13.3. The van der Waals surface area contributed by atoms with Gasteiger partial charge in [0.2, 0.25) is 11.8 Å². The number of nitrogens with one attached hydrogen (secondary N) is 1. The first-order valence-electron chi connectivity index (χ1n) is 13.7. The Kier molecular flexibility index (Phi) is 10.6. The summed E-state index contributed by atoms with van der Waals surface area (Å²) >= 11 is 0. The molecule has 0 spiro atoms. The van der Waals surface area contributed by atoms with Crippen molar-refractivity contribution in [3.05, 3.63) is 65.4 Å². The van der Waals surface area contributed by atoms with Crippen LogP contribution in [-0.4, -0.2) is 46.0 Å². The average molecular weight is 506 g/mol. The molecule has 0 saturated heterocycles. The highest BCUT2D eigenvalue weighted by molar-refractivity contribution is 5.93. The maximum absolute atomic E-state index is 13.3. The third-order valence-corrected chi connectivity index (χ3v) is 7.16. The summed E-state index contributed by atoms with van der Waals surface area (Å²) in [6.07, 6.45) is 6.99. The fraction of sp³-hybridized carbons (Fsp3) is 0.484. The summed E-state index contributed by atoms with van der Waals surface area (Å²) in [5.74, 6) is -0.00495. The Balaban J connectivity index is 1.83. The number of hydrogen-bond donors (Lipinski definition) is 2. The van der Waals surface area contributed by atoms with Crippen molar-refractivity contribution >= 4 is 22.7 Å². The fourth-order valence-electron chi connectivity index (χ4n) is 4.94. The maximum Gasteiger partial charge on any atom is 0.244 e. The van der Waals surface area contributed by atoms with Crippen LogP contribution in [0.2, 0.25) is 0 Å². The summed E-state index contributed by atoms with van der Waals surface area (Å²) < 4.78 is 2.19. The molecule has 0 aliphatic rings. The van der Waals surface area contributed by atoms with Crippen LogP contribution < -0.4 is 5.32 Å². The number of rotatable bonds is 14. The van der Waals surface area contributed by atoms with Crippen molar-refractivity contribution in [1.82, 2.24) is 14.8 Å². The van der Waals surface area contributed by atoms with E-state index in [2.05, 4.69) is 35.9 Å². The molecule has 200 valence electrons. The molecule has 2 N–H and O–H groups in total. The molecule has 3 aromatic rings. The van der Waals surface area contributed by atoms with Crippen molar-refractivity contribution < 1.29 is 14.7 Å². The van der Waals surface area contributed by atoms with E-state index in [0.29, 0.717) is 19.5 Å². The van der Waals surface area contributed by atoms with Crippen LogP contribution in [0.15, 0.2) is 48.5 Å². The first-order valence-corrected chi connectivity index (χ1v) is 13.7. The van der Waals surface area contributed by atoms with Gasteiger partial charge in [-0.15, -0.1) is 0 Å². The third kappa shape index (κ3) is 7.61. The Bertz CT molecular complexity index is 1170. The molecule has 1 heterocycles. The molecule has 6 nitrogen and oxygen atoms in total. The van der Waals surface area contributed by atoms with Gasteiger partial charge in [0.1, 0.15) is 11.8 Å². The fourth-order valence-corrected chi connectivity index (χ4v) is 4.94. The van der Waals surface area contributed by atoms with Crippen LogP contribution in [0.1, 0.15) is 75.6 Å². The van der Waals surface area contributed by atoms with Gasteiger partial charge in [-0.3, -0.25) is 9.59 Å². The summed E-state index contributed by atoms with van der Waals surface area (Å²) in [5, 5.41) is 14.1. The van der Waals surface area contributed by atoms with Crippen molar-refractivity contribution in [2.75, 3.05) is 13.6 Å². The smallest absolute Gasteiger partial charge is 0.244 e. The molecular formula is C31H43N3O3. The molecule has 1 atom stereocenters. The number of likely N-dealkylation sites (N-methyl/N-ethyl adjacent to an activating group) is 1. The Labute approximate surface area is 221 Å². The monoisotopic (exact) mass is 505 g/mol. The van der Waals surface area contributed by atoms with Gasteiger partial charge in [0.15, 0.2) is 0 Å². The number of aromatic hydroxyl groups is 1. The molecule has 37 heavy (non-hydrogen) atoms. The lowest BCUT2D eigenvalue weighted by molar-refractivity contribution is -0.135. The molecule has 6 heteroatoms. The quantitative estimate of drug-likeness (QED) is 0.266. The van der Waals surface area contributed by atoms with Crippen molar-refractivity contribution in [3.63, 3.8) is 0 Å². The van der Waals surface area contributed by atoms with Gasteiger partial charge in [-0.25, -0.2) is 0 Å². The van der Waals surface area contributed by atoms with E-state index < -0.39 is 6.04 Å². The minimum Gasteiger partial charge on any atom is -0.508 e. The molecule has 1 aromatic heterocycles. The molecular weight excluding hydrogens is 462 g/mol. The van der Waals surface area contributed by atoms with Gasteiger partial charge in [-0.2, -0.15) is 0 Å². The highest BCUT2D eigenvalue weighted by Gasteiger charge is 2.25. The zero-order valence-electron chi connectivity index (χ0n) is 22.9. The molecule has 2 amide bonds. The number of benzene rings is 2. The number of carbonyl (C=O) groups excluding carboxylic acids is 2. The SMILES string of the molecule is CCCCCCC(NC(=O)Cc1c(C)n(Cc2ccccc2)c2ccc(O)cc12)C(=O)N(C)CCCC. The van der Waals surface area contributed by atoms with Gasteiger partial charge in [0, 0.05) is 36.7 Å². The molecule has 1 unspecified atom stereocenters. The van der Waals surface area contributed by atoms with Crippen molar-refractivity contribution in [2.45, 2.75) is 84.7 Å². The summed E-state index contributed by atoms with van der Waals surface area (Å²) in [7, 11) is 1.83. The van der Waals surface area contributed by atoms with Crippen LogP contribution in [0.3, 0.4) is 0 Å². The van der Waals surface area contributed by atoms with Crippen molar-refractivity contribution in [3.8, 4) is 5.75 Å². The Morgan fingerprint density at radius 2 is 1.73 bits per heavy atom. The van der Waals surface area contributed by atoms with Crippen molar-refractivity contribution in [2.24, 2.45) is 0 Å². The number of aromatic nitrogens is 1. The molecule has 0 aliphatic heterocycles. The van der Waals surface area contributed by atoms with Crippen molar-refractivity contribution in [1.29, 1.82) is 0 Å². The number of phenolic OH excluding ortho intramolecular Hbond substituents is 1. The lowest BCUT2D eigenvalue weighted by atomic mass is 10.0. The Morgan fingerprint density at radius 3 is 2.43 bits per heavy atom. The summed E-state index contributed by atoms with van der Waals surface area (Å²) in [4.78, 5) is 28.3. The van der Waals surface area contributed by atoms with E-state index in [1.54, 1.807) is 17.0 Å². The van der Waals surface area contributed by atoms with Gasteiger partial charge < -0.3 is 19.9 Å². The summed E-state index contributed by atoms with van der Waals surface area (Å²) in [6, 6.07) is 15.0.